The molecule has 2 aromatic heterocycles. The molecule has 5 N–H and O–H groups in total. The summed E-state index contributed by atoms with van der Waals surface area (Å²) in [5.74, 6) is -0.455. The molecule has 0 saturated carbocycles. The van der Waals surface area contributed by atoms with Crippen molar-refractivity contribution in [1.82, 2.24) is 24.4 Å². The normalized spacial score (nSPS) is 17.4. The summed E-state index contributed by atoms with van der Waals surface area (Å²) in [5, 5.41) is 30.1. The van der Waals surface area contributed by atoms with Gasteiger partial charge >= 0.3 is 0 Å². The first-order valence-corrected chi connectivity index (χ1v) is 12.2. The first-order chi connectivity index (χ1) is 15.8. The number of benzene rings is 1. The number of piperidine rings is 1. The van der Waals surface area contributed by atoms with E-state index in [1.54, 1.807) is 4.90 Å². The Labute approximate surface area is 203 Å². The number of nitrogen functional groups attached to an aromatic ring is 1. The number of carbonyl (C=O) groups is 1. The largest absolute Gasteiger partial charge is 0.504 e. The molecule has 1 saturated heterocycles. The van der Waals surface area contributed by atoms with E-state index >= 15 is 0 Å². The first-order valence-electron chi connectivity index (χ1n) is 10.6. The highest BCUT2D eigenvalue weighted by Crippen LogP contribution is 2.40. The minimum absolute atomic E-state index is 0.000197. The highest BCUT2D eigenvalue weighted by Gasteiger charge is 2.29. The molecule has 0 bridgehead atoms. The second kappa shape index (κ2) is 9.74. The number of phenols is 2. The fourth-order valence-electron chi connectivity index (χ4n) is 4.03. The molecule has 0 aliphatic carbocycles. The second-order valence-corrected chi connectivity index (χ2v) is 9.86. The van der Waals surface area contributed by atoms with Crippen molar-refractivity contribution in [2.45, 2.75) is 61.3 Å². The number of phenolic OH excluding ortho intramolecular Hbond substituents is 2. The third kappa shape index (κ3) is 4.87. The molecule has 4 rings (SSSR count). The molecule has 1 unspecified atom stereocenters. The Morgan fingerprint density at radius 1 is 1.30 bits per heavy atom. The van der Waals surface area contributed by atoms with Crippen LogP contribution < -0.4 is 5.73 Å². The highest BCUT2D eigenvalue weighted by atomic mass is 79.9. The number of halogens is 1. The monoisotopic (exact) mass is 536 g/mol. The van der Waals surface area contributed by atoms with Gasteiger partial charge in [-0.3, -0.25) is 4.79 Å². The lowest BCUT2D eigenvalue weighted by molar-refractivity contribution is -0.143. The molecule has 176 valence electrons. The number of imidazole rings is 1. The number of aliphatic hydroxyl groups excluding tert-OH is 1. The van der Waals surface area contributed by atoms with Gasteiger partial charge in [0, 0.05) is 28.5 Å². The van der Waals surface area contributed by atoms with E-state index in [2.05, 4.69) is 30.9 Å². The molecule has 12 heteroatoms. The summed E-state index contributed by atoms with van der Waals surface area (Å²) in [7, 11) is 0. The SMILES string of the molecule is C[C@H](O)C(=O)N1CCCCC1CCn1c(Sc2cc(O)c(O)cc2Br)nc2c(N)ncnc21. The molecular formula is C21H25BrN6O4S. The zero-order valence-corrected chi connectivity index (χ0v) is 20.4. The number of rotatable bonds is 6. The Bertz CT molecular complexity index is 1190. The number of carbonyl (C=O) groups excluding carboxylic acids is 1. The van der Waals surface area contributed by atoms with Gasteiger partial charge in [0.25, 0.3) is 5.91 Å². The minimum Gasteiger partial charge on any atom is -0.504 e. The number of aromatic hydroxyl groups is 2. The van der Waals surface area contributed by atoms with E-state index in [0.717, 1.165) is 19.3 Å². The van der Waals surface area contributed by atoms with Crippen LogP contribution in [0.25, 0.3) is 11.2 Å². The van der Waals surface area contributed by atoms with Crippen LogP contribution in [0.2, 0.25) is 0 Å². The van der Waals surface area contributed by atoms with Crippen LogP contribution in [0.3, 0.4) is 0 Å². The number of nitrogens with two attached hydrogens (primary N) is 1. The molecule has 10 nitrogen and oxygen atoms in total. The van der Waals surface area contributed by atoms with E-state index in [1.807, 2.05) is 4.57 Å². The topological polar surface area (TPSA) is 151 Å². The van der Waals surface area contributed by atoms with Crippen LogP contribution in [-0.4, -0.2) is 64.3 Å². The molecule has 1 fully saturated rings. The summed E-state index contributed by atoms with van der Waals surface area (Å²) in [6.07, 6.45) is 3.82. The van der Waals surface area contributed by atoms with Crippen molar-refractivity contribution in [2.75, 3.05) is 12.3 Å². The molecule has 3 aromatic rings. The number of nitrogens with zero attached hydrogens (tertiary/aromatic N) is 5. The van der Waals surface area contributed by atoms with Crippen LogP contribution in [-0.2, 0) is 11.3 Å². The average Bonchev–Trinajstić information content (AvgIpc) is 3.14. The number of anilines is 1. The third-order valence-electron chi connectivity index (χ3n) is 5.71. The smallest absolute Gasteiger partial charge is 0.251 e. The number of fused-ring (bicyclic) bond motifs is 1. The number of aryl methyl sites for hydroxylation is 1. The van der Waals surface area contributed by atoms with Gasteiger partial charge < -0.3 is 30.5 Å². The van der Waals surface area contributed by atoms with Crippen LogP contribution in [0, 0.1) is 0 Å². The molecule has 0 radical (unpaired) electrons. The summed E-state index contributed by atoms with van der Waals surface area (Å²) >= 11 is 4.70. The predicted octanol–water partition coefficient (Wildman–Crippen LogP) is 2.89. The zero-order valence-electron chi connectivity index (χ0n) is 18.0. The predicted molar refractivity (Wildman–Crippen MR) is 127 cm³/mol. The highest BCUT2D eigenvalue weighted by molar-refractivity contribution is 9.10. The number of hydrogen-bond donors (Lipinski definition) is 4. The molecule has 2 atom stereocenters. The van der Waals surface area contributed by atoms with Crippen LogP contribution >= 0.6 is 27.7 Å². The van der Waals surface area contributed by atoms with Gasteiger partial charge in [-0.15, -0.1) is 0 Å². The molecule has 3 heterocycles. The number of aliphatic hydroxyl groups is 1. The molecule has 1 aliphatic heterocycles. The number of amides is 1. The Kier molecular flexibility index (Phi) is 6.96. The molecular weight excluding hydrogens is 512 g/mol. The second-order valence-electron chi connectivity index (χ2n) is 8.00. The maximum atomic E-state index is 12.5. The van der Waals surface area contributed by atoms with Crippen molar-refractivity contribution in [1.29, 1.82) is 0 Å². The van der Waals surface area contributed by atoms with Crippen molar-refractivity contribution >= 4 is 50.6 Å². The number of likely N-dealkylation sites (tertiary alicyclic amines) is 1. The molecule has 33 heavy (non-hydrogen) atoms. The Balaban J connectivity index is 1.66. The van der Waals surface area contributed by atoms with Gasteiger partial charge in [0.15, 0.2) is 33.6 Å². The molecule has 1 aliphatic rings. The lowest BCUT2D eigenvalue weighted by atomic mass is 9.98. The van der Waals surface area contributed by atoms with Gasteiger partial charge in [0.2, 0.25) is 0 Å². The lowest BCUT2D eigenvalue weighted by Gasteiger charge is -2.36. The average molecular weight is 537 g/mol. The first kappa shape index (κ1) is 23.6. The summed E-state index contributed by atoms with van der Waals surface area (Å²) in [5.41, 5.74) is 7.09. The standard InChI is InChI=1S/C21H25BrN6O4S/c1-11(29)20(32)27-6-3-2-4-12(27)5-7-28-19-17(18(23)24-10-25-19)26-21(28)33-16-9-15(31)14(30)8-13(16)22/h8-12,29-31H,2-7H2,1H3,(H2,23,24,25)/t11-,12?/m0/s1. The summed E-state index contributed by atoms with van der Waals surface area (Å²) < 4.78 is 2.52. The van der Waals surface area contributed by atoms with E-state index in [0.29, 0.717) is 45.2 Å². The summed E-state index contributed by atoms with van der Waals surface area (Å²) in [4.78, 5) is 28.0. The third-order valence-corrected chi connectivity index (χ3v) is 7.68. The Morgan fingerprint density at radius 3 is 2.82 bits per heavy atom. The van der Waals surface area contributed by atoms with Crippen molar-refractivity contribution in [3.63, 3.8) is 0 Å². The summed E-state index contributed by atoms with van der Waals surface area (Å²) in [6, 6.07) is 2.87. The van der Waals surface area contributed by atoms with E-state index < -0.39 is 6.10 Å². The minimum atomic E-state index is -1.03. The van der Waals surface area contributed by atoms with Crippen LogP contribution in [0.15, 0.2) is 33.0 Å². The molecule has 0 spiro atoms. The Morgan fingerprint density at radius 2 is 2.06 bits per heavy atom. The molecule has 1 aromatic carbocycles. The van der Waals surface area contributed by atoms with Gasteiger partial charge in [-0.05, 0) is 60.7 Å². The molecule has 1 amide bonds. The Hall–Kier alpha value is -2.57. The summed E-state index contributed by atoms with van der Waals surface area (Å²) in [6.45, 7) is 2.65. The van der Waals surface area contributed by atoms with E-state index in [1.165, 1.54) is 37.1 Å². The van der Waals surface area contributed by atoms with Crippen molar-refractivity contribution in [3.8, 4) is 11.5 Å². The van der Waals surface area contributed by atoms with Crippen molar-refractivity contribution < 1.29 is 20.1 Å². The van der Waals surface area contributed by atoms with Gasteiger partial charge in [-0.2, -0.15) is 0 Å². The van der Waals surface area contributed by atoms with Crippen LogP contribution in [0.1, 0.15) is 32.6 Å². The van der Waals surface area contributed by atoms with Gasteiger partial charge in [0.05, 0.1) is 0 Å². The maximum Gasteiger partial charge on any atom is 0.251 e. The van der Waals surface area contributed by atoms with Crippen molar-refractivity contribution in [3.05, 3.63) is 22.9 Å². The van der Waals surface area contributed by atoms with Crippen LogP contribution in [0.5, 0.6) is 11.5 Å². The van der Waals surface area contributed by atoms with Gasteiger partial charge in [-0.1, -0.05) is 11.8 Å². The van der Waals surface area contributed by atoms with Gasteiger partial charge in [-0.25, -0.2) is 15.0 Å². The zero-order chi connectivity index (χ0) is 23.7. The fourth-order valence-corrected chi connectivity index (χ4v) is 5.55. The van der Waals surface area contributed by atoms with Crippen LogP contribution in [0.4, 0.5) is 5.82 Å². The van der Waals surface area contributed by atoms with E-state index in [4.69, 9.17) is 5.73 Å². The van der Waals surface area contributed by atoms with E-state index in [9.17, 15) is 20.1 Å². The quantitative estimate of drug-likeness (QED) is 0.348. The number of aromatic nitrogens is 4. The van der Waals surface area contributed by atoms with E-state index in [-0.39, 0.29) is 29.3 Å². The maximum absolute atomic E-state index is 12.5. The van der Waals surface area contributed by atoms with Gasteiger partial charge in [0.1, 0.15) is 12.4 Å². The number of hydrogen-bond acceptors (Lipinski definition) is 9. The lowest BCUT2D eigenvalue weighted by Crippen LogP contribution is -2.47. The fraction of sp³-hybridized carbons (Fsp3) is 0.429. The van der Waals surface area contributed by atoms with Crippen molar-refractivity contribution in [2.24, 2.45) is 0 Å².